The first-order valence-corrected chi connectivity index (χ1v) is 7.27. The number of aromatic hydroxyl groups is 1. The topological polar surface area (TPSA) is 59.2 Å². The van der Waals surface area contributed by atoms with Crippen molar-refractivity contribution < 1.29 is 9.63 Å². The number of rotatable bonds is 2. The van der Waals surface area contributed by atoms with Crippen LogP contribution >= 0.6 is 0 Å². The van der Waals surface area contributed by atoms with Crippen molar-refractivity contribution in [1.29, 1.82) is 0 Å². The minimum atomic E-state index is 0.222. The normalized spacial score (nSPS) is 22.9. The van der Waals surface area contributed by atoms with E-state index < -0.39 is 0 Å². The quantitative estimate of drug-likeness (QED) is 0.896. The molecule has 1 aliphatic carbocycles. The van der Waals surface area contributed by atoms with Crippen LogP contribution in [0.5, 0.6) is 5.75 Å². The summed E-state index contributed by atoms with van der Waals surface area (Å²) >= 11 is 0. The molecular formula is C16H20N2O2. The minimum Gasteiger partial charge on any atom is -0.507 e. The van der Waals surface area contributed by atoms with Gasteiger partial charge in [0, 0.05) is 5.92 Å². The lowest BCUT2D eigenvalue weighted by Crippen LogP contribution is -2.11. The summed E-state index contributed by atoms with van der Waals surface area (Å²) in [5, 5.41) is 14.2. The third-order valence-corrected chi connectivity index (χ3v) is 4.29. The van der Waals surface area contributed by atoms with Gasteiger partial charge in [-0.25, -0.2) is 0 Å². The predicted molar refractivity (Wildman–Crippen MR) is 76.5 cm³/mol. The van der Waals surface area contributed by atoms with Crippen LogP contribution in [0.3, 0.4) is 0 Å². The molecule has 0 radical (unpaired) electrons. The average molecular weight is 272 g/mol. The lowest BCUT2D eigenvalue weighted by molar-refractivity contribution is 0.328. The van der Waals surface area contributed by atoms with Crippen LogP contribution in [0.25, 0.3) is 11.5 Å². The molecule has 1 N–H and O–H groups in total. The summed E-state index contributed by atoms with van der Waals surface area (Å²) in [7, 11) is 0. The van der Waals surface area contributed by atoms with E-state index in [1.807, 2.05) is 25.1 Å². The Labute approximate surface area is 118 Å². The van der Waals surface area contributed by atoms with Crippen LogP contribution in [0.2, 0.25) is 0 Å². The maximum atomic E-state index is 10.1. The van der Waals surface area contributed by atoms with Gasteiger partial charge in [0.05, 0.1) is 5.56 Å². The highest BCUT2D eigenvalue weighted by molar-refractivity contribution is 5.64. The van der Waals surface area contributed by atoms with Gasteiger partial charge in [-0.1, -0.05) is 37.1 Å². The number of aryl methyl sites for hydroxylation is 1. The Hall–Kier alpha value is -1.84. The second-order valence-corrected chi connectivity index (χ2v) is 5.89. The second-order valence-electron chi connectivity index (χ2n) is 5.89. The van der Waals surface area contributed by atoms with E-state index in [-0.39, 0.29) is 5.75 Å². The number of para-hydroxylation sites is 1. The molecule has 0 bridgehead atoms. The first-order valence-electron chi connectivity index (χ1n) is 7.27. The smallest absolute Gasteiger partial charge is 0.261 e. The first-order chi connectivity index (χ1) is 9.65. The van der Waals surface area contributed by atoms with E-state index in [4.69, 9.17) is 4.52 Å². The number of benzene rings is 1. The summed E-state index contributed by atoms with van der Waals surface area (Å²) in [5.74, 6) is 2.63. The molecule has 1 aliphatic rings. The van der Waals surface area contributed by atoms with Crippen molar-refractivity contribution in [1.82, 2.24) is 10.1 Å². The number of hydrogen-bond donors (Lipinski definition) is 1. The Balaban J connectivity index is 1.85. The molecule has 20 heavy (non-hydrogen) atoms. The van der Waals surface area contributed by atoms with Crippen LogP contribution in [0.4, 0.5) is 0 Å². The summed E-state index contributed by atoms with van der Waals surface area (Å²) in [4.78, 5) is 4.49. The zero-order valence-electron chi connectivity index (χ0n) is 12.0. The second kappa shape index (κ2) is 5.27. The van der Waals surface area contributed by atoms with Crippen molar-refractivity contribution in [3.05, 3.63) is 29.6 Å². The maximum Gasteiger partial charge on any atom is 0.261 e. The fourth-order valence-corrected chi connectivity index (χ4v) is 2.86. The SMILES string of the molecule is Cc1cccc(-c2nc(C3CCC(C)CC3)no2)c1O. The Morgan fingerprint density at radius 2 is 1.95 bits per heavy atom. The number of phenolic OH excluding ortho intramolecular Hbond substituents is 1. The molecular weight excluding hydrogens is 252 g/mol. The van der Waals surface area contributed by atoms with Gasteiger partial charge in [0.1, 0.15) is 5.75 Å². The molecule has 1 fully saturated rings. The molecule has 4 nitrogen and oxygen atoms in total. The van der Waals surface area contributed by atoms with Crippen molar-refractivity contribution in [2.24, 2.45) is 5.92 Å². The molecule has 0 unspecified atom stereocenters. The largest absolute Gasteiger partial charge is 0.507 e. The van der Waals surface area contributed by atoms with Crippen molar-refractivity contribution in [3.8, 4) is 17.2 Å². The molecule has 1 heterocycles. The van der Waals surface area contributed by atoms with Gasteiger partial charge in [-0.15, -0.1) is 0 Å². The number of phenols is 1. The first kappa shape index (κ1) is 13.2. The third kappa shape index (κ3) is 2.42. The minimum absolute atomic E-state index is 0.222. The Morgan fingerprint density at radius 1 is 1.20 bits per heavy atom. The van der Waals surface area contributed by atoms with Crippen LogP contribution in [0.1, 0.15) is 49.9 Å². The number of hydrogen-bond acceptors (Lipinski definition) is 4. The summed E-state index contributed by atoms with van der Waals surface area (Å²) < 4.78 is 5.35. The molecule has 0 atom stereocenters. The highest BCUT2D eigenvalue weighted by atomic mass is 16.5. The van der Waals surface area contributed by atoms with E-state index in [0.717, 1.165) is 30.1 Å². The van der Waals surface area contributed by atoms with Gasteiger partial charge in [0.15, 0.2) is 5.82 Å². The average Bonchev–Trinajstić information content (AvgIpc) is 2.92. The monoisotopic (exact) mass is 272 g/mol. The van der Waals surface area contributed by atoms with E-state index in [9.17, 15) is 5.11 Å². The van der Waals surface area contributed by atoms with Crippen molar-refractivity contribution in [2.45, 2.75) is 45.4 Å². The summed E-state index contributed by atoms with van der Waals surface area (Å²) in [6.45, 7) is 4.15. The standard InChI is InChI=1S/C16H20N2O2/c1-10-6-8-12(9-7-10)15-17-16(20-18-15)13-5-3-4-11(2)14(13)19/h3-5,10,12,19H,6-9H2,1-2H3. The van der Waals surface area contributed by atoms with Gasteiger partial charge >= 0.3 is 0 Å². The molecule has 4 heteroatoms. The van der Waals surface area contributed by atoms with Gasteiger partial charge in [0.25, 0.3) is 5.89 Å². The zero-order chi connectivity index (χ0) is 14.1. The molecule has 0 aliphatic heterocycles. The van der Waals surface area contributed by atoms with Gasteiger partial charge in [-0.2, -0.15) is 4.98 Å². The lowest BCUT2D eigenvalue weighted by Gasteiger charge is -2.23. The summed E-state index contributed by atoms with van der Waals surface area (Å²) in [6, 6.07) is 5.55. The number of aromatic nitrogens is 2. The molecule has 1 aromatic carbocycles. The van der Waals surface area contributed by atoms with Crippen LogP contribution in [0.15, 0.2) is 22.7 Å². The molecule has 2 aromatic rings. The third-order valence-electron chi connectivity index (χ3n) is 4.29. The fraction of sp³-hybridized carbons (Fsp3) is 0.500. The van der Waals surface area contributed by atoms with E-state index in [0.29, 0.717) is 17.4 Å². The van der Waals surface area contributed by atoms with Crippen LogP contribution in [0, 0.1) is 12.8 Å². The van der Waals surface area contributed by atoms with Gasteiger partial charge in [-0.05, 0) is 37.3 Å². The summed E-state index contributed by atoms with van der Waals surface area (Å²) in [6.07, 6.45) is 4.70. The van der Waals surface area contributed by atoms with E-state index in [1.54, 1.807) is 0 Å². The van der Waals surface area contributed by atoms with Crippen molar-refractivity contribution in [2.75, 3.05) is 0 Å². The predicted octanol–water partition coefficient (Wildman–Crippen LogP) is 4.04. The number of nitrogens with zero attached hydrogens (tertiary/aromatic N) is 2. The van der Waals surface area contributed by atoms with Gasteiger partial charge < -0.3 is 9.63 Å². The molecule has 0 saturated heterocycles. The Morgan fingerprint density at radius 3 is 2.70 bits per heavy atom. The van der Waals surface area contributed by atoms with Gasteiger partial charge in [0.2, 0.25) is 0 Å². The molecule has 0 spiro atoms. The lowest BCUT2D eigenvalue weighted by atomic mass is 9.83. The fourth-order valence-electron chi connectivity index (χ4n) is 2.86. The van der Waals surface area contributed by atoms with Gasteiger partial charge in [-0.3, -0.25) is 0 Å². The van der Waals surface area contributed by atoms with Crippen molar-refractivity contribution in [3.63, 3.8) is 0 Å². The van der Waals surface area contributed by atoms with Crippen LogP contribution in [-0.4, -0.2) is 15.2 Å². The molecule has 3 rings (SSSR count). The highest BCUT2D eigenvalue weighted by Crippen LogP contribution is 2.36. The van der Waals surface area contributed by atoms with E-state index in [2.05, 4.69) is 17.1 Å². The van der Waals surface area contributed by atoms with Crippen LogP contribution in [-0.2, 0) is 0 Å². The maximum absolute atomic E-state index is 10.1. The molecule has 1 saturated carbocycles. The summed E-state index contributed by atoms with van der Waals surface area (Å²) in [5.41, 5.74) is 1.43. The Bertz CT molecular complexity index is 598. The highest BCUT2D eigenvalue weighted by Gasteiger charge is 2.24. The Kier molecular flexibility index (Phi) is 3.47. The molecule has 1 aromatic heterocycles. The molecule has 0 amide bonds. The zero-order valence-corrected chi connectivity index (χ0v) is 12.0. The van der Waals surface area contributed by atoms with E-state index in [1.165, 1.54) is 12.8 Å². The molecule has 106 valence electrons. The van der Waals surface area contributed by atoms with Crippen LogP contribution < -0.4 is 0 Å². The van der Waals surface area contributed by atoms with Crippen molar-refractivity contribution >= 4 is 0 Å². The van der Waals surface area contributed by atoms with E-state index >= 15 is 0 Å².